The van der Waals surface area contributed by atoms with Crippen LogP contribution in [0.5, 0.6) is 0 Å². The third-order valence-electron chi connectivity index (χ3n) is 6.92. The van der Waals surface area contributed by atoms with Gasteiger partial charge in [0.05, 0.1) is 17.8 Å². The summed E-state index contributed by atoms with van der Waals surface area (Å²) in [6, 6.07) is 2.69. The minimum Gasteiger partial charge on any atom is -0.343 e. The summed E-state index contributed by atoms with van der Waals surface area (Å²) in [4.78, 5) is 29.0. The number of carbonyl (C=O) groups is 2. The van der Waals surface area contributed by atoms with Gasteiger partial charge in [-0.15, -0.1) is 11.3 Å². The van der Waals surface area contributed by atoms with Gasteiger partial charge in [-0.25, -0.2) is 13.8 Å². The minimum atomic E-state index is -0.965. The van der Waals surface area contributed by atoms with Crippen LogP contribution in [0.2, 0.25) is 0 Å². The summed E-state index contributed by atoms with van der Waals surface area (Å²) in [5, 5.41) is 7.67. The third kappa shape index (κ3) is 3.62. The lowest BCUT2D eigenvalue weighted by molar-refractivity contribution is -0.115. The molecule has 0 aliphatic heterocycles. The molecule has 5 nitrogen and oxygen atoms in total. The van der Waals surface area contributed by atoms with E-state index in [2.05, 4.69) is 16.0 Å². The van der Waals surface area contributed by atoms with Gasteiger partial charge in [0.2, 0.25) is 5.91 Å². The predicted molar refractivity (Wildman–Crippen MR) is 109 cm³/mol. The summed E-state index contributed by atoms with van der Waals surface area (Å²) < 4.78 is 26.6. The van der Waals surface area contributed by atoms with Crippen LogP contribution < -0.4 is 10.6 Å². The van der Waals surface area contributed by atoms with E-state index in [1.54, 1.807) is 0 Å². The molecule has 4 bridgehead atoms. The van der Waals surface area contributed by atoms with Crippen LogP contribution in [-0.2, 0) is 10.2 Å². The Morgan fingerprint density at radius 3 is 2.40 bits per heavy atom. The number of nitrogens with one attached hydrogen (secondary N) is 2. The number of anilines is 1. The predicted octanol–water partition coefficient (Wildman–Crippen LogP) is 4.26. The van der Waals surface area contributed by atoms with Crippen molar-refractivity contribution < 1.29 is 18.4 Å². The second-order valence-electron chi connectivity index (χ2n) is 9.09. The van der Waals surface area contributed by atoms with Gasteiger partial charge in [-0.3, -0.25) is 9.59 Å². The lowest BCUT2D eigenvalue weighted by Crippen LogP contribution is -2.48. The molecule has 4 aliphatic rings. The number of benzene rings is 1. The molecule has 8 heteroatoms. The Kier molecular flexibility index (Phi) is 4.84. The highest BCUT2D eigenvalue weighted by Gasteiger charge is 2.52. The maximum absolute atomic E-state index is 13.7. The van der Waals surface area contributed by atoms with E-state index in [1.807, 2.05) is 0 Å². The second-order valence-corrected chi connectivity index (χ2v) is 9.95. The number of thiazole rings is 1. The van der Waals surface area contributed by atoms with Crippen LogP contribution in [0.3, 0.4) is 0 Å². The van der Waals surface area contributed by atoms with Crippen molar-refractivity contribution in [1.82, 2.24) is 10.3 Å². The maximum Gasteiger partial charge on any atom is 0.254 e. The molecule has 30 heavy (non-hydrogen) atoms. The summed E-state index contributed by atoms with van der Waals surface area (Å²) in [6.07, 6.45) is 7.70. The number of amides is 2. The van der Waals surface area contributed by atoms with E-state index < -0.39 is 23.4 Å². The first-order chi connectivity index (χ1) is 14.4. The quantitative estimate of drug-likeness (QED) is 0.743. The average molecular weight is 432 g/mol. The zero-order valence-corrected chi connectivity index (χ0v) is 17.2. The first-order valence-corrected chi connectivity index (χ1v) is 11.3. The van der Waals surface area contributed by atoms with Gasteiger partial charge >= 0.3 is 0 Å². The molecular weight excluding hydrogens is 408 g/mol. The molecule has 0 atom stereocenters. The van der Waals surface area contributed by atoms with Gasteiger partial charge in [0.1, 0.15) is 11.6 Å². The molecule has 1 heterocycles. The summed E-state index contributed by atoms with van der Waals surface area (Å²) in [6.45, 7) is -0.318. The van der Waals surface area contributed by atoms with Crippen molar-refractivity contribution in [3.8, 4) is 0 Å². The van der Waals surface area contributed by atoms with Gasteiger partial charge in [-0.2, -0.15) is 0 Å². The zero-order chi connectivity index (χ0) is 20.9. The highest BCUT2D eigenvalue weighted by molar-refractivity contribution is 7.14. The Bertz CT molecular complexity index is 971. The van der Waals surface area contributed by atoms with Crippen LogP contribution in [0.1, 0.15) is 54.6 Å². The van der Waals surface area contributed by atoms with Crippen molar-refractivity contribution >= 4 is 28.3 Å². The smallest absolute Gasteiger partial charge is 0.254 e. The van der Waals surface area contributed by atoms with E-state index >= 15 is 0 Å². The number of rotatable bonds is 5. The Labute approximate surface area is 177 Å². The fourth-order valence-corrected chi connectivity index (χ4v) is 6.94. The van der Waals surface area contributed by atoms with E-state index in [0.29, 0.717) is 11.2 Å². The zero-order valence-electron chi connectivity index (χ0n) is 16.4. The highest BCUT2D eigenvalue weighted by Crippen LogP contribution is 2.60. The van der Waals surface area contributed by atoms with Crippen LogP contribution in [0.25, 0.3) is 0 Å². The average Bonchev–Trinajstić information content (AvgIpc) is 3.14. The largest absolute Gasteiger partial charge is 0.343 e. The molecule has 0 radical (unpaired) electrons. The summed E-state index contributed by atoms with van der Waals surface area (Å²) in [5.74, 6) is -0.476. The summed E-state index contributed by atoms with van der Waals surface area (Å²) in [5.41, 5.74) is 0.963. The van der Waals surface area contributed by atoms with Crippen LogP contribution in [0, 0.1) is 29.4 Å². The van der Waals surface area contributed by atoms with Crippen molar-refractivity contribution in [3.63, 3.8) is 0 Å². The number of hydrogen-bond donors (Lipinski definition) is 2. The number of aromatic nitrogens is 1. The van der Waals surface area contributed by atoms with E-state index in [1.165, 1.54) is 49.9 Å². The van der Waals surface area contributed by atoms with E-state index in [-0.39, 0.29) is 17.5 Å². The van der Waals surface area contributed by atoms with Crippen LogP contribution in [0.4, 0.5) is 13.9 Å². The fourth-order valence-electron chi connectivity index (χ4n) is 6.09. The first kappa shape index (κ1) is 19.6. The molecule has 4 aliphatic carbocycles. The number of halogens is 2. The summed E-state index contributed by atoms with van der Waals surface area (Å²) in [7, 11) is 0. The van der Waals surface area contributed by atoms with Crippen LogP contribution in [-0.4, -0.2) is 23.3 Å². The molecular formula is C22H23F2N3O2S. The van der Waals surface area contributed by atoms with Crippen molar-refractivity contribution in [2.24, 2.45) is 17.8 Å². The first-order valence-electron chi connectivity index (χ1n) is 10.4. The Morgan fingerprint density at radius 2 is 1.77 bits per heavy atom. The molecule has 6 rings (SSSR count). The monoisotopic (exact) mass is 431 g/mol. The third-order valence-corrected chi connectivity index (χ3v) is 7.68. The van der Waals surface area contributed by atoms with Crippen molar-refractivity contribution in [2.75, 3.05) is 11.9 Å². The Morgan fingerprint density at radius 1 is 1.10 bits per heavy atom. The Hall–Kier alpha value is -2.35. The molecule has 158 valence electrons. The van der Waals surface area contributed by atoms with E-state index in [9.17, 15) is 18.4 Å². The van der Waals surface area contributed by atoms with E-state index in [4.69, 9.17) is 4.98 Å². The van der Waals surface area contributed by atoms with Gasteiger partial charge in [-0.05, 0) is 68.4 Å². The second kappa shape index (κ2) is 7.41. The number of carbonyl (C=O) groups excluding carboxylic acids is 2. The van der Waals surface area contributed by atoms with Gasteiger partial charge in [-0.1, -0.05) is 0 Å². The molecule has 2 amide bonds. The molecule has 1 aromatic heterocycles. The van der Waals surface area contributed by atoms with Crippen LogP contribution in [0.15, 0.2) is 23.6 Å². The maximum atomic E-state index is 13.7. The fraction of sp³-hybridized carbons (Fsp3) is 0.500. The van der Waals surface area contributed by atoms with Gasteiger partial charge in [0.15, 0.2) is 5.13 Å². The standard InChI is InChI=1S/C22H23F2N3O2S/c23-15-1-2-16(17(24)6-15)20(29)25-10-19(28)27-21-26-18(11-30-21)22-7-12-3-13(8-22)5-14(4-12)9-22/h1-2,6,11-14H,3-5,7-10H2,(H,25,29)(H,26,27,28). The van der Waals surface area contributed by atoms with Gasteiger partial charge in [0, 0.05) is 16.9 Å². The lowest BCUT2D eigenvalue weighted by Gasteiger charge is -2.56. The van der Waals surface area contributed by atoms with Crippen molar-refractivity contribution in [3.05, 3.63) is 46.5 Å². The van der Waals surface area contributed by atoms with Crippen molar-refractivity contribution in [1.29, 1.82) is 0 Å². The highest BCUT2D eigenvalue weighted by atomic mass is 32.1. The number of nitrogens with zero attached hydrogens (tertiary/aromatic N) is 1. The van der Waals surface area contributed by atoms with Gasteiger partial charge < -0.3 is 10.6 Å². The Balaban J connectivity index is 1.20. The summed E-state index contributed by atoms with van der Waals surface area (Å²) >= 11 is 1.40. The SMILES string of the molecule is O=C(CNC(=O)c1ccc(F)cc1F)Nc1nc(C23CC4CC(CC(C4)C2)C3)cs1. The molecule has 1 aromatic carbocycles. The number of hydrogen-bond acceptors (Lipinski definition) is 4. The van der Waals surface area contributed by atoms with E-state index in [0.717, 1.165) is 35.6 Å². The molecule has 0 unspecified atom stereocenters. The molecule has 0 spiro atoms. The topological polar surface area (TPSA) is 71.1 Å². The molecule has 2 aromatic rings. The molecule has 0 saturated heterocycles. The van der Waals surface area contributed by atoms with Crippen molar-refractivity contribution in [2.45, 2.75) is 43.9 Å². The minimum absolute atomic E-state index is 0.169. The molecule has 2 N–H and O–H groups in total. The van der Waals surface area contributed by atoms with Crippen LogP contribution >= 0.6 is 11.3 Å². The molecule has 4 saturated carbocycles. The lowest BCUT2D eigenvalue weighted by atomic mass is 9.49. The van der Waals surface area contributed by atoms with Gasteiger partial charge in [0.25, 0.3) is 5.91 Å². The molecule has 4 fully saturated rings. The normalized spacial score (nSPS) is 29.1.